The largest absolute Gasteiger partial charge is 0.744 e. The van der Waals surface area contributed by atoms with Gasteiger partial charge in [0.25, 0.3) is 0 Å². The number of aromatic hydroxyl groups is 1. The minimum Gasteiger partial charge on any atom is -0.744 e. The van der Waals surface area contributed by atoms with E-state index in [4.69, 9.17) is 9.47 Å². The maximum atomic E-state index is 11.6. The molecule has 120 valence electrons. The molecule has 0 aliphatic heterocycles. The quantitative estimate of drug-likeness (QED) is 0.809. The van der Waals surface area contributed by atoms with Crippen LogP contribution < -0.4 is 9.47 Å². The van der Waals surface area contributed by atoms with Gasteiger partial charge in [-0.3, -0.25) is 0 Å². The minimum absolute atomic E-state index is 0.0760. The Morgan fingerprint density at radius 3 is 2.05 bits per heavy atom. The topological polar surface area (TPSA) is 95.9 Å². The Labute approximate surface area is 125 Å². The molecule has 1 N–H and O–H groups in total. The fourth-order valence-electron chi connectivity index (χ4n) is 2.38. The lowest BCUT2D eigenvalue weighted by atomic mass is 9.93. The minimum atomic E-state index is -4.81. The molecule has 0 aliphatic carbocycles. The molecule has 1 unspecified atom stereocenters. The second-order valence-corrected chi connectivity index (χ2v) is 6.07. The van der Waals surface area contributed by atoms with Gasteiger partial charge in [0.1, 0.15) is 32.3 Å². The molecule has 0 saturated heterocycles. The Morgan fingerprint density at radius 2 is 1.71 bits per heavy atom. The van der Waals surface area contributed by atoms with Crippen molar-refractivity contribution in [3.05, 3.63) is 11.1 Å². The number of phenolic OH excluding ortho intramolecular Hbond substituents is 1. The highest BCUT2D eigenvalue weighted by molar-refractivity contribution is 7.86. The smallest absolute Gasteiger partial charge is 0.147 e. The van der Waals surface area contributed by atoms with Gasteiger partial charge in [0, 0.05) is 11.1 Å². The standard InChI is InChI=1S/C14H22O6S/c1-6-8(3)10-11(15)9(7-2)12(19-4)14(13(10)20-5)21(16,17)18/h8,15H,6-7H2,1-5H3,(H,16,17,18)/p-1. The van der Waals surface area contributed by atoms with Gasteiger partial charge in [0.15, 0.2) is 0 Å². The van der Waals surface area contributed by atoms with Crippen LogP contribution in [-0.4, -0.2) is 32.3 Å². The molecule has 1 aromatic rings. The molecule has 0 heterocycles. The van der Waals surface area contributed by atoms with Crippen LogP contribution in [0.4, 0.5) is 0 Å². The van der Waals surface area contributed by atoms with Crippen molar-refractivity contribution >= 4 is 10.1 Å². The molecule has 21 heavy (non-hydrogen) atoms. The Kier molecular flexibility index (Phi) is 5.47. The van der Waals surface area contributed by atoms with E-state index in [1.54, 1.807) is 6.92 Å². The van der Waals surface area contributed by atoms with Crippen LogP contribution >= 0.6 is 0 Å². The van der Waals surface area contributed by atoms with Crippen molar-refractivity contribution in [3.63, 3.8) is 0 Å². The summed E-state index contributed by atoms with van der Waals surface area (Å²) in [6, 6.07) is 0. The molecule has 0 aliphatic rings. The van der Waals surface area contributed by atoms with Gasteiger partial charge >= 0.3 is 0 Å². The maximum Gasteiger partial charge on any atom is 0.147 e. The van der Waals surface area contributed by atoms with Gasteiger partial charge in [-0.15, -0.1) is 0 Å². The van der Waals surface area contributed by atoms with Gasteiger partial charge in [-0.1, -0.05) is 20.8 Å². The van der Waals surface area contributed by atoms with E-state index in [-0.39, 0.29) is 23.2 Å². The van der Waals surface area contributed by atoms with Gasteiger partial charge in [-0.05, 0) is 18.8 Å². The van der Waals surface area contributed by atoms with Crippen molar-refractivity contribution in [1.82, 2.24) is 0 Å². The zero-order valence-corrected chi connectivity index (χ0v) is 13.7. The van der Waals surface area contributed by atoms with Gasteiger partial charge in [0.05, 0.1) is 14.2 Å². The molecule has 1 rings (SSSR count). The van der Waals surface area contributed by atoms with Gasteiger partial charge < -0.3 is 19.1 Å². The van der Waals surface area contributed by atoms with Crippen molar-refractivity contribution in [2.24, 2.45) is 0 Å². The third kappa shape index (κ3) is 3.08. The Hall–Kier alpha value is -1.47. The number of phenols is 1. The number of benzene rings is 1. The molecule has 0 radical (unpaired) electrons. The molecule has 6 nitrogen and oxygen atoms in total. The molecule has 0 aromatic heterocycles. The first-order valence-corrected chi connectivity index (χ1v) is 8.10. The average molecular weight is 317 g/mol. The van der Waals surface area contributed by atoms with E-state index in [0.29, 0.717) is 24.0 Å². The van der Waals surface area contributed by atoms with Crippen LogP contribution in [0.1, 0.15) is 44.2 Å². The molecule has 0 amide bonds. The summed E-state index contributed by atoms with van der Waals surface area (Å²) in [5.41, 5.74) is 0.620. The van der Waals surface area contributed by atoms with E-state index >= 15 is 0 Å². The number of methoxy groups -OCH3 is 2. The summed E-state index contributed by atoms with van der Waals surface area (Å²) in [5.74, 6) is -0.524. The molecule has 0 spiro atoms. The predicted octanol–water partition coefficient (Wildman–Crippen LogP) is 2.39. The van der Waals surface area contributed by atoms with Crippen LogP contribution in [0.2, 0.25) is 0 Å². The van der Waals surface area contributed by atoms with Crippen LogP contribution in [0.15, 0.2) is 4.90 Å². The molecule has 1 atom stereocenters. The van der Waals surface area contributed by atoms with E-state index in [2.05, 4.69) is 0 Å². The van der Waals surface area contributed by atoms with E-state index in [0.717, 1.165) is 0 Å². The Morgan fingerprint density at radius 1 is 1.19 bits per heavy atom. The SMILES string of the molecule is CCc1c(O)c(C(C)CC)c(OC)c(S(=O)(=O)[O-])c1OC. The Bertz CT molecular complexity index is 621. The lowest BCUT2D eigenvalue weighted by Gasteiger charge is -2.25. The monoisotopic (exact) mass is 317 g/mol. The second-order valence-electron chi connectivity index (χ2n) is 4.75. The highest BCUT2D eigenvalue weighted by Crippen LogP contribution is 2.48. The van der Waals surface area contributed by atoms with E-state index in [1.165, 1.54) is 14.2 Å². The van der Waals surface area contributed by atoms with Crippen LogP contribution in [0.3, 0.4) is 0 Å². The molecule has 0 saturated carbocycles. The third-order valence-corrected chi connectivity index (χ3v) is 4.46. The molecule has 0 bridgehead atoms. The average Bonchev–Trinajstić information content (AvgIpc) is 2.43. The van der Waals surface area contributed by atoms with Gasteiger partial charge in [0.2, 0.25) is 0 Å². The van der Waals surface area contributed by atoms with E-state index < -0.39 is 15.0 Å². The summed E-state index contributed by atoms with van der Waals surface area (Å²) in [4.78, 5) is -0.544. The van der Waals surface area contributed by atoms with Crippen LogP contribution in [-0.2, 0) is 16.5 Å². The summed E-state index contributed by atoms with van der Waals surface area (Å²) in [7, 11) is -2.29. The highest BCUT2D eigenvalue weighted by atomic mass is 32.2. The summed E-state index contributed by atoms with van der Waals surface area (Å²) in [6.45, 7) is 5.46. The maximum absolute atomic E-state index is 11.6. The Balaban J connectivity index is 4.01. The predicted molar refractivity (Wildman–Crippen MR) is 77.3 cm³/mol. The first-order valence-electron chi connectivity index (χ1n) is 6.69. The summed E-state index contributed by atoms with van der Waals surface area (Å²) in [5, 5.41) is 10.4. The molecular formula is C14H21O6S-. The molecule has 1 aromatic carbocycles. The zero-order valence-electron chi connectivity index (χ0n) is 12.9. The van der Waals surface area contributed by atoms with Crippen molar-refractivity contribution in [3.8, 4) is 17.2 Å². The van der Waals surface area contributed by atoms with Crippen molar-refractivity contribution in [1.29, 1.82) is 0 Å². The number of rotatable bonds is 6. The number of hydrogen-bond donors (Lipinski definition) is 1. The van der Waals surface area contributed by atoms with E-state index in [9.17, 15) is 18.1 Å². The van der Waals surface area contributed by atoms with Crippen LogP contribution in [0.25, 0.3) is 0 Å². The van der Waals surface area contributed by atoms with Crippen LogP contribution in [0.5, 0.6) is 17.2 Å². The fraction of sp³-hybridized carbons (Fsp3) is 0.571. The number of ether oxygens (including phenoxy) is 2. The molecular weight excluding hydrogens is 296 g/mol. The van der Waals surface area contributed by atoms with Crippen molar-refractivity contribution in [2.75, 3.05) is 14.2 Å². The molecule has 0 fully saturated rings. The second kappa shape index (κ2) is 6.53. The first kappa shape index (κ1) is 17.6. The van der Waals surface area contributed by atoms with Gasteiger partial charge in [-0.2, -0.15) is 0 Å². The highest BCUT2D eigenvalue weighted by Gasteiger charge is 2.29. The lowest BCUT2D eigenvalue weighted by Crippen LogP contribution is -2.11. The third-order valence-electron chi connectivity index (χ3n) is 3.59. The summed E-state index contributed by atoms with van der Waals surface area (Å²) >= 11 is 0. The molecule has 7 heteroatoms. The summed E-state index contributed by atoms with van der Waals surface area (Å²) < 4.78 is 45.1. The lowest BCUT2D eigenvalue weighted by molar-refractivity contribution is 0.346. The van der Waals surface area contributed by atoms with Crippen molar-refractivity contribution in [2.45, 2.75) is 44.4 Å². The van der Waals surface area contributed by atoms with Crippen LogP contribution in [0, 0.1) is 0 Å². The zero-order chi connectivity index (χ0) is 16.4. The fourth-order valence-corrected chi connectivity index (χ4v) is 3.23. The first-order chi connectivity index (χ1) is 9.74. The normalized spacial score (nSPS) is 13.0. The summed E-state index contributed by atoms with van der Waals surface area (Å²) in [6.07, 6.45) is 0.975. The van der Waals surface area contributed by atoms with Crippen molar-refractivity contribution < 1.29 is 27.6 Å². The number of hydrogen-bond acceptors (Lipinski definition) is 6. The van der Waals surface area contributed by atoms with Gasteiger partial charge in [-0.25, -0.2) is 8.42 Å². The van der Waals surface area contributed by atoms with E-state index in [1.807, 2.05) is 13.8 Å².